The Hall–Kier alpha value is -1.82. The SMILES string of the molecule is COc1ccc(C(N)C2CCCN2C(=O)OC(C)(C)C)cc1F. The first kappa shape index (κ1) is 17.5. The zero-order valence-corrected chi connectivity index (χ0v) is 14.1. The van der Waals surface area contributed by atoms with E-state index in [0.717, 1.165) is 12.8 Å². The van der Waals surface area contributed by atoms with Gasteiger partial charge in [0.25, 0.3) is 0 Å². The number of hydrogen-bond donors (Lipinski definition) is 1. The third-order valence-electron chi connectivity index (χ3n) is 3.90. The zero-order chi connectivity index (χ0) is 17.2. The molecular weight excluding hydrogens is 299 g/mol. The summed E-state index contributed by atoms with van der Waals surface area (Å²) in [5.41, 5.74) is 6.38. The molecule has 2 rings (SSSR count). The van der Waals surface area contributed by atoms with Crippen LogP contribution in [0.2, 0.25) is 0 Å². The van der Waals surface area contributed by atoms with Crippen LogP contribution in [0, 0.1) is 5.82 Å². The largest absolute Gasteiger partial charge is 0.494 e. The number of methoxy groups -OCH3 is 1. The summed E-state index contributed by atoms with van der Waals surface area (Å²) in [5, 5.41) is 0. The molecule has 2 N–H and O–H groups in total. The fraction of sp³-hybridized carbons (Fsp3) is 0.588. The highest BCUT2D eigenvalue weighted by Gasteiger charge is 2.36. The average molecular weight is 324 g/mol. The van der Waals surface area contributed by atoms with Crippen LogP contribution in [0.4, 0.5) is 9.18 Å². The van der Waals surface area contributed by atoms with Crippen molar-refractivity contribution in [3.05, 3.63) is 29.6 Å². The van der Waals surface area contributed by atoms with E-state index >= 15 is 0 Å². The summed E-state index contributed by atoms with van der Waals surface area (Å²) in [6, 6.07) is 3.99. The standard InChI is InChI=1S/C17H25FN2O3/c1-17(2,3)23-16(21)20-9-5-6-13(20)15(19)11-7-8-14(22-4)12(18)10-11/h7-8,10,13,15H,5-6,9,19H2,1-4H3. The van der Waals surface area contributed by atoms with E-state index in [1.165, 1.54) is 13.2 Å². The van der Waals surface area contributed by atoms with Gasteiger partial charge in [-0.15, -0.1) is 0 Å². The first-order chi connectivity index (χ1) is 10.7. The van der Waals surface area contributed by atoms with E-state index < -0.39 is 17.5 Å². The van der Waals surface area contributed by atoms with Gasteiger partial charge in [-0.2, -0.15) is 0 Å². The number of amides is 1. The molecule has 0 saturated carbocycles. The summed E-state index contributed by atoms with van der Waals surface area (Å²) in [7, 11) is 1.42. The number of hydrogen-bond acceptors (Lipinski definition) is 4. The molecule has 0 bridgehead atoms. The van der Waals surface area contributed by atoms with Gasteiger partial charge in [-0.1, -0.05) is 6.07 Å². The van der Waals surface area contributed by atoms with Crippen molar-refractivity contribution in [1.29, 1.82) is 0 Å². The van der Waals surface area contributed by atoms with Crippen LogP contribution in [0.5, 0.6) is 5.75 Å². The number of rotatable bonds is 3. The maximum atomic E-state index is 13.9. The molecule has 1 aromatic rings. The van der Waals surface area contributed by atoms with Gasteiger partial charge < -0.3 is 20.1 Å². The van der Waals surface area contributed by atoms with E-state index in [9.17, 15) is 9.18 Å². The van der Waals surface area contributed by atoms with Gasteiger partial charge in [0.1, 0.15) is 5.60 Å². The second kappa shape index (κ2) is 6.74. The van der Waals surface area contributed by atoms with Gasteiger partial charge in [-0.05, 0) is 51.3 Å². The number of halogens is 1. The Kier molecular flexibility index (Phi) is 5.14. The molecule has 0 aromatic heterocycles. The van der Waals surface area contributed by atoms with Crippen molar-refractivity contribution in [1.82, 2.24) is 4.90 Å². The highest BCUT2D eigenvalue weighted by Crippen LogP contribution is 2.31. The van der Waals surface area contributed by atoms with Crippen LogP contribution in [-0.4, -0.2) is 36.3 Å². The Bertz CT molecular complexity index is 571. The van der Waals surface area contributed by atoms with E-state index in [0.29, 0.717) is 12.1 Å². The number of carbonyl (C=O) groups is 1. The van der Waals surface area contributed by atoms with E-state index in [1.54, 1.807) is 17.0 Å². The highest BCUT2D eigenvalue weighted by molar-refractivity contribution is 5.69. The molecule has 128 valence electrons. The summed E-state index contributed by atoms with van der Waals surface area (Å²) in [5.74, 6) is -0.279. The topological polar surface area (TPSA) is 64.8 Å². The Morgan fingerprint density at radius 3 is 2.70 bits per heavy atom. The summed E-state index contributed by atoms with van der Waals surface area (Å²) in [6.45, 7) is 6.09. The number of benzene rings is 1. The minimum atomic E-state index is -0.555. The molecule has 0 spiro atoms. The Morgan fingerprint density at radius 2 is 2.13 bits per heavy atom. The van der Waals surface area contributed by atoms with E-state index in [1.807, 2.05) is 20.8 Å². The predicted molar refractivity (Wildman–Crippen MR) is 85.8 cm³/mol. The van der Waals surface area contributed by atoms with Gasteiger partial charge in [0, 0.05) is 6.54 Å². The fourth-order valence-electron chi connectivity index (χ4n) is 2.83. The molecule has 0 aliphatic carbocycles. The van der Waals surface area contributed by atoms with Crippen molar-refractivity contribution in [2.45, 2.75) is 51.3 Å². The van der Waals surface area contributed by atoms with Gasteiger partial charge in [0.2, 0.25) is 0 Å². The van der Waals surface area contributed by atoms with Crippen LogP contribution < -0.4 is 10.5 Å². The van der Waals surface area contributed by atoms with E-state index in [2.05, 4.69) is 0 Å². The van der Waals surface area contributed by atoms with Crippen LogP contribution in [-0.2, 0) is 4.74 Å². The Labute approximate surface area is 136 Å². The zero-order valence-electron chi connectivity index (χ0n) is 14.1. The third-order valence-corrected chi connectivity index (χ3v) is 3.90. The molecule has 2 atom stereocenters. The van der Waals surface area contributed by atoms with Gasteiger partial charge in [-0.3, -0.25) is 0 Å². The lowest BCUT2D eigenvalue weighted by molar-refractivity contribution is 0.0206. The Balaban J connectivity index is 2.15. The molecule has 1 aromatic carbocycles. The number of nitrogens with zero attached hydrogens (tertiary/aromatic N) is 1. The maximum Gasteiger partial charge on any atom is 0.410 e. The molecule has 0 radical (unpaired) electrons. The van der Waals surface area contributed by atoms with Crippen molar-refractivity contribution < 1.29 is 18.7 Å². The summed E-state index contributed by atoms with van der Waals surface area (Å²) >= 11 is 0. The second-order valence-electron chi connectivity index (χ2n) is 6.80. The van der Waals surface area contributed by atoms with Crippen LogP contribution in [0.3, 0.4) is 0 Å². The van der Waals surface area contributed by atoms with Gasteiger partial charge >= 0.3 is 6.09 Å². The van der Waals surface area contributed by atoms with Crippen molar-refractivity contribution in [2.75, 3.05) is 13.7 Å². The molecule has 1 fully saturated rings. The second-order valence-corrected chi connectivity index (χ2v) is 6.80. The average Bonchev–Trinajstić information content (AvgIpc) is 2.94. The van der Waals surface area contributed by atoms with Gasteiger partial charge in [-0.25, -0.2) is 9.18 Å². The lowest BCUT2D eigenvalue weighted by Crippen LogP contribution is -2.44. The van der Waals surface area contributed by atoms with Gasteiger partial charge in [0.15, 0.2) is 11.6 Å². The predicted octanol–water partition coefficient (Wildman–Crippen LogP) is 3.23. The molecular formula is C17H25FN2O3. The van der Waals surface area contributed by atoms with Gasteiger partial charge in [0.05, 0.1) is 19.2 Å². The Morgan fingerprint density at radius 1 is 1.43 bits per heavy atom. The minimum Gasteiger partial charge on any atom is -0.494 e. The lowest BCUT2D eigenvalue weighted by atomic mass is 9.98. The molecule has 1 saturated heterocycles. The normalized spacial score (nSPS) is 19.6. The molecule has 23 heavy (non-hydrogen) atoms. The third kappa shape index (κ3) is 4.13. The molecule has 1 aliphatic heterocycles. The molecule has 5 nitrogen and oxygen atoms in total. The molecule has 1 heterocycles. The lowest BCUT2D eigenvalue weighted by Gasteiger charge is -2.31. The first-order valence-corrected chi connectivity index (χ1v) is 7.81. The smallest absolute Gasteiger partial charge is 0.410 e. The monoisotopic (exact) mass is 324 g/mol. The minimum absolute atomic E-state index is 0.177. The van der Waals surface area contributed by atoms with E-state index in [-0.39, 0.29) is 17.9 Å². The molecule has 6 heteroatoms. The van der Waals surface area contributed by atoms with Crippen LogP contribution in [0.1, 0.15) is 45.2 Å². The van der Waals surface area contributed by atoms with Crippen molar-refractivity contribution in [3.8, 4) is 5.75 Å². The summed E-state index contributed by atoms with van der Waals surface area (Å²) in [6.07, 6.45) is 1.26. The van der Waals surface area contributed by atoms with Crippen LogP contribution >= 0.6 is 0 Å². The highest BCUT2D eigenvalue weighted by atomic mass is 19.1. The maximum absolute atomic E-state index is 13.9. The number of nitrogens with two attached hydrogens (primary N) is 1. The molecule has 1 amide bonds. The first-order valence-electron chi connectivity index (χ1n) is 7.81. The van der Waals surface area contributed by atoms with E-state index in [4.69, 9.17) is 15.2 Å². The summed E-state index contributed by atoms with van der Waals surface area (Å²) in [4.78, 5) is 14.0. The quantitative estimate of drug-likeness (QED) is 0.927. The number of carbonyl (C=O) groups excluding carboxylic acids is 1. The van der Waals surface area contributed by atoms with Crippen molar-refractivity contribution >= 4 is 6.09 Å². The number of ether oxygens (including phenoxy) is 2. The fourth-order valence-corrected chi connectivity index (χ4v) is 2.83. The molecule has 1 aliphatic rings. The van der Waals surface area contributed by atoms with Crippen LogP contribution in [0.25, 0.3) is 0 Å². The number of likely N-dealkylation sites (tertiary alicyclic amines) is 1. The van der Waals surface area contributed by atoms with Crippen LogP contribution in [0.15, 0.2) is 18.2 Å². The summed E-state index contributed by atoms with van der Waals surface area (Å²) < 4.78 is 24.2. The molecule has 2 unspecified atom stereocenters. The van der Waals surface area contributed by atoms with Crippen molar-refractivity contribution in [3.63, 3.8) is 0 Å². The van der Waals surface area contributed by atoms with Crippen molar-refractivity contribution in [2.24, 2.45) is 5.73 Å².